The van der Waals surface area contributed by atoms with E-state index in [2.05, 4.69) is 19.2 Å². The summed E-state index contributed by atoms with van der Waals surface area (Å²) in [4.78, 5) is 24.0. The van der Waals surface area contributed by atoms with E-state index in [1.54, 1.807) is 25.1 Å². The fourth-order valence-electron chi connectivity index (χ4n) is 2.19. The molecular weight excluding hydrogens is 308 g/mol. The number of carbonyl (C=O) groups is 1. The first-order valence-electron chi connectivity index (χ1n) is 7.78. The van der Waals surface area contributed by atoms with Crippen LogP contribution >= 0.6 is 0 Å². The summed E-state index contributed by atoms with van der Waals surface area (Å²) in [5.41, 5.74) is 0.701. The maximum Gasteiger partial charge on any atom is 0.254 e. The highest BCUT2D eigenvalue weighted by Gasteiger charge is 2.09. The summed E-state index contributed by atoms with van der Waals surface area (Å²) in [5.74, 6) is 0.656. The highest BCUT2D eigenvalue weighted by Crippen LogP contribution is 2.18. The second-order valence-electron chi connectivity index (χ2n) is 6.06. The van der Waals surface area contributed by atoms with Gasteiger partial charge >= 0.3 is 0 Å². The van der Waals surface area contributed by atoms with Gasteiger partial charge in [-0.3, -0.25) is 9.59 Å². The molecule has 0 bridgehead atoms. The molecule has 0 aliphatic heterocycles. The molecule has 128 valence electrons. The van der Waals surface area contributed by atoms with E-state index in [4.69, 9.17) is 4.74 Å². The van der Waals surface area contributed by atoms with Crippen LogP contribution in [0.4, 0.5) is 5.69 Å². The number of ether oxygens (including phenoxy) is 1. The summed E-state index contributed by atoms with van der Waals surface area (Å²) < 4.78 is 6.92. The lowest BCUT2D eigenvalue weighted by molar-refractivity contribution is -0.116. The fraction of sp³-hybridized carbons (Fsp3) is 0.333. The minimum Gasteiger partial charge on any atom is -0.508 e. The molecule has 2 aromatic rings. The lowest BCUT2D eigenvalue weighted by atomic mass is 10.2. The normalized spacial score (nSPS) is 10.7. The van der Waals surface area contributed by atoms with Crippen LogP contribution in [0.15, 0.2) is 41.2 Å². The number of hydrogen-bond donors (Lipinski definition) is 2. The number of nitrogens with one attached hydrogen (secondary N) is 1. The van der Waals surface area contributed by atoms with E-state index in [-0.39, 0.29) is 18.2 Å². The Balaban J connectivity index is 2.05. The second-order valence-corrected chi connectivity index (χ2v) is 6.06. The minimum atomic E-state index is -0.420. The Labute approximate surface area is 140 Å². The van der Waals surface area contributed by atoms with Crippen molar-refractivity contribution in [2.24, 2.45) is 5.92 Å². The second kappa shape index (κ2) is 7.68. The van der Waals surface area contributed by atoms with Gasteiger partial charge in [0.2, 0.25) is 5.91 Å². The van der Waals surface area contributed by atoms with Crippen LogP contribution in [0.2, 0.25) is 0 Å². The lowest BCUT2D eigenvalue weighted by Crippen LogP contribution is -2.28. The van der Waals surface area contributed by atoms with Crippen LogP contribution in [0, 0.1) is 12.8 Å². The van der Waals surface area contributed by atoms with E-state index in [0.717, 1.165) is 6.07 Å². The van der Waals surface area contributed by atoms with E-state index in [1.807, 2.05) is 6.07 Å². The summed E-state index contributed by atoms with van der Waals surface area (Å²) in [7, 11) is 0. The molecule has 1 aromatic heterocycles. The first-order chi connectivity index (χ1) is 11.3. The quantitative estimate of drug-likeness (QED) is 0.853. The van der Waals surface area contributed by atoms with Crippen LogP contribution in [0.3, 0.4) is 0 Å². The van der Waals surface area contributed by atoms with Crippen molar-refractivity contribution in [3.8, 4) is 11.5 Å². The van der Waals surface area contributed by atoms with Crippen molar-refractivity contribution in [2.75, 3.05) is 11.9 Å². The predicted molar refractivity (Wildman–Crippen MR) is 92.5 cm³/mol. The molecule has 1 aromatic carbocycles. The van der Waals surface area contributed by atoms with Gasteiger partial charge in [-0.05, 0) is 31.0 Å². The van der Waals surface area contributed by atoms with Crippen LogP contribution in [-0.4, -0.2) is 22.2 Å². The molecule has 0 aliphatic carbocycles. The number of nitrogens with zero attached hydrogens (tertiary/aromatic N) is 1. The third-order valence-corrected chi connectivity index (χ3v) is 3.32. The molecule has 2 N–H and O–H groups in total. The molecule has 0 aliphatic rings. The van der Waals surface area contributed by atoms with Crippen molar-refractivity contribution < 1.29 is 14.6 Å². The summed E-state index contributed by atoms with van der Waals surface area (Å²) >= 11 is 0. The van der Waals surface area contributed by atoms with Gasteiger partial charge in [0.1, 0.15) is 18.0 Å². The Kier molecular flexibility index (Phi) is 5.63. The molecule has 0 saturated heterocycles. The van der Waals surface area contributed by atoms with Crippen molar-refractivity contribution in [3.05, 3.63) is 52.4 Å². The molecule has 0 fully saturated rings. The molecule has 0 spiro atoms. The van der Waals surface area contributed by atoms with Gasteiger partial charge in [-0.1, -0.05) is 19.9 Å². The summed E-state index contributed by atoms with van der Waals surface area (Å²) in [6, 6.07) is 9.64. The largest absolute Gasteiger partial charge is 0.508 e. The number of rotatable bonds is 6. The van der Waals surface area contributed by atoms with Gasteiger partial charge in [0.05, 0.1) is 6.61 Å². The Hall–Kier alpha value is -2.76. The van der Waals surface area contributed by atoms with Crippen molar-refractivity contribution in [1.82, 2.24) is 4.57 Å². The van der Waals surface area contributed by atoms with E-state index in [0.29, 0.717) is 29.7 Å². The standard InChI is InChI=1S/C18H22N2O4/c1-12(2)11-24-16-6-4-5-14(8-16)19-17(22)10-20-13(3)7-15(21)9-18(20)23/h4-9,12,21H,10-11H2,1-3H3,(H,19,22). The van der Waals surface area contributed by atoms with Crippen LogP contribution in [-0.2, 0) is 11.3 Å². The fourth-order valence-corrected chi connectivity index (χ4v) is 2.19. The monoisotopic (exact) mass is 330 g/mol. The minimum absolute atomic E-state index is 0.107. The molecule has 2 rings (SSSR count). The third-order valence-electron chi connectivity index (χ3n) is 3.32. The van der Waals surface area contributed by atoms with Crippen molar-refractivity contribution in [2.45, 2.75) is 27.3 Å². The zero-order valence-electron chi connectivity index (χ0n) is 14.1. The van der Waals surface area contributed by atoms with Crippen molar-refractivity contribution in [1.29, 1.82) is 0 Å². The van der Waals surface area contributed by atoms with E-state index >= 15 is 0 Å². The van der Waals surface area contributed by atoms with Gasteiger partial charge < -0.3 is 19.7 Å². The smallest absolute Gasteiger partial charge is 0.254 e. The van der Waals surface area contributed by atoms with E-state index < -0.39 is 5.56 Å². The number of aromatic hydroxyl groups is 1. The number of benzene rings is 1. The van der Waals surface area contributed by atoms with Crippen molar-refractivity contribution >= 4 is 11.6 Å². The van der Waals surface area contributed by atoms with Gasteiger partial charge in [0.15, 0.2) is 0 Å². The molecule has 6 nitrogen and oxygen atoms in total. The molecule has 0 atom stereocenters. The van der Waals surface area contributed by atoms with Gasteiger partial charge in [-0.15, -0.1) is 0 Å². The highest BCUT2D eigenvalue weighted by atomic mass is 16.5. The lowest BCUT2D eigenvalue weighted by Gasteiger charge is -2.12. The number of aromatic nitrogens is 1. The van der Waals surface area contributed by atoms with Crippen LogP contribution in [0.1, 0.15) is 19.5 Å². The number of aryl methyl sites for hydroxylation is 1. The Morgan fingerprint density at radius 3 is 2.71 bits per heavy atom. The molecule has 0 radical (unpaired) electrons. The molecule has 1 heterocycles. The van der Waals surface area contributed by atoms with Gasteiger partial charge in [0.25, 0.3) is 5.56 Å². The number of carbonyl (C=O) groups excluding carboxylic acids is 1. The molecule has 0 unspecified atom stereocenters. The average molecular weight is 330 g/mol. The third kappa shape index (κ3) is 4.87. The maximum absolute atomic E-state index is 12.2. The maximum atomic E-state index is 12.2. The van der Waals surface area contributed by atoms with Crippen LogP contribution in [0.25, 0.3) is 0 Å². The molecule has 0 saturated carbocycles. The van der Waals surface area contributed by atoms with E-state index in [1.165, 1.54) is 10.6 Å². The number of hydrogen-bond acceptors (Lipinski definition) is 4. The van der Waals surface area contributed by atoms with Crippen LogP contribution in [0.5, 0.6) is 11.5 Å². The van der Waals surface area contributed by atoms with Crippen molar-refractivity contribution in [3.63, 3.8) is 0 Å². The first kappa shape index (κ1) is 17.6. The number of anilines is 1. The zero-order valence-corrected chi connectivity index (χ0v) is 14.1. The summed E-state index contributed by atoms with van der Waals surface area (Å²) in [5, 5.41) is 12.1. The van der Waals surface area contributed by atoms with Gasteiger partial charge in [0, 0.05) is 23.5 Å². The van der Waals surface area contributed by atoms with Gasteiger partial charge in [-0.2, -0.15) is 0 Å². The topological polar surface area (TPSA) is 80.6 Å². The molecular formula is C18H22N2O4. The number of amides is 1. The van der Waals surface area contributed by atoms with Gasteiger partial charge in [-0.25, -0.2) is 0 Å². The molecule has 1 amide bonds. The summed E-state index contributed by atoms with van der Waals surface area (Å²) in [6.07, 6.45) is 0. The SMILES string of the molecule is Cc1cc(O)cc(=O)n1CC(=O)Nc1cccc(OCC(C)C)c1. The summed E-state index contributed by atoms with van der Waals surface area (Å²) in [6.45, 7) is 6.25. The predicted octanol–water partition coefficient (Wildman–Crippen LogP) is 2.54. The molecule has 6 heteroatoms. The highest BCUT2D eigenvalue weighted by molar-refractivity contribution is 5.90. The zero-order chi connectivity index (χ0) is 17.7. The first-order valence-corrected chi connectivity index (χ1v) is 7.78. The Morgan fingerprint density at radius 1 is 1.29 bits per heavy atom. The van der Waals surface area contributed by atoms with Crippen LogP contribution < -0.4 is 15.6 Å². The molecule has 24 heavy (non-hydrogen) atoms. The van der Waals surface area contributed by atoms with E-state index in [9.17, 15) is 14.7 Å². The number of pyridine rings is 1. The Bertz CT molecular complexity index is 781. The Morgan fingerprint density at radius 2 is 2.04 bits per heavy atom. The average Bonchev–Trinajstić information content (AvgIpc) is 2.49.